The molecule has 0 atom stereocenters. The van der Waals surface area contributed by atoms with Crippen molar-refractivity contribution in [2.75, 3.05) is 0 Å². The molecule has 15 heavy (non-hydrogen) atoms. The fourth-order valence-electron chi connectivity index (χ4n) is 1.90. The van der Waals surface area contributed by atoms with E-state index in [0.29, 0.717) is 0 Å². The van der Waals surface area contributed by atoms with E-state index in [1.165, 1.54) is 16.7 Å². The van der Waals surface area contributed by atoms with Gasteiger partial charge in [0.2, 0.25) is 0 Å². The number of aromatic nitrogens is 4. The second-order valence-corrected chi connectivity index (χ2v) is 3.68. The quantitative estimate of drug-likeness (QED) is 0.705. The highest BCUT2D eigenvalue weighted by atomic mass is 15.4. The minimum Gasteiger partial charge on any atom is -0.135 e. The molecular weight excluding hydrogens is 188 g/mol. The van der Waals surface area contributed by atoms with Crippen LogP contribution < -0.4 is 0 Å². The van der Waals surface area contributed by atoms with Gasteiger partial charge in [-0.2, -0.15) is 0 Å². The van der Waals surface area contributed by atoms with Crippen LogP contribution in [0, 0.1) is 20.8 Å². The van der Waals surface area contributed by atoms with Gasteiger partial charge in [0.1, 0.15) is 5.69 Å². The zero-order valence-electron chi connectivity index (χ0n) is 9.02. The molecule has 1 aromatic heterocycles. The van der Waals surface area contributed by atoms with Crippen LogP contribution in [0.15, 0.2) is 18.3 Å². The molecule has 0 aliphatic carbocycles. The number of nitrogens with zero attached hydrogens (tertiary/aromatic N) is 4. The van der Waals surface area contributed by atoms with Gasteiger partial charge >= 0.3 is 0 Å². The topological polar surface area (TPSA) is 51.6 Å². The van der Waals surface area contributed by atoms with Crippen LogP contribution in [0.3, 0.4) is 0 Å². The molecule has 2 aromatic rings. The van der Waals surface area contributed by atoms with E-state index < -0.39 is 0 Å². The Labute approximate surface area is 88.4 Å². The Morgan fingerprint density at radius 1 is 0.933 bits per heavy atom. The standard InChI is InChI=1S/C11H12N4/c1-7-4-8(2)11(9(3)5-7)10-6-12-14-15-13-10/h4-6H,1-3H3. The summed E-state index contributed by atoms with van der Waals surface area (Å²) in [5.41, 5.74) is 5.51. The number of hydrogen-bond acceptors (Lipinski definition) is 4. The van der Waals surface area contributed by atoms with Crippen molar-refractivity contribution < 1.29 is 0 Å². The van der Waals surface area contributed by atoms with Gasteiger partial charge in [-0.15, -0.1) is 10.2 Å². The molecule has 4 heteroatoms. The van der Waals surface area contributed by atoms with Crippen molar-refractivity contribution in [2.24, 2.45) is 0 Å². The maximum absolute atomic E-state index is 3.98. The maximum atomic E-state index is 3.98. The SMILES string of the molecule is Cc1cc(C)c(-c2cnnnn2)c(C)c1. The van der Waals surface area contributed by atoms with Gasteiger partial charge in [0.25, 0.3) is 0 Å². The zero-order valence-corrected chi connectivity index (χ0v) is 9.02. The van der Waals surface area contributed by atoms with Crippen molar-refractivity contribution in [2.45, 2.75) is 20.8 Å². The highest BCUT2D eigenvalue weighted by molar-refractivity contribution is 5.66. The lowest BCUT2D eigenvalue weighted by molar-refractivity contribution is 0.766. The van der Waals surface area contributed by atoms with E-state index in [0.717, 1.165) is 11.3 Å². The Morgan fingerprint density at radius 3 is 2.13 bits per heavy atom. The zero-order chi connectivity index (χ0) is 10.8. The lowest BCUT2D eigenvalue weighted by Crippen LogP contribution is -1.97. The van der Waals surface area contributed by atoms with Crippen LogP contribution in [0.2, 0.25) is 0 Å². The van der Waals surface area contributed by atoms with E-state index in [1.54, 1.807) is 6.20 Å². The fraction of sp³-hybridized carbons (Fsp3) is 0.273. The average molecular weight is 200 g/mol. The first-order chi connectivity index (χ1) is 7.18. The Morgan fingerprint density at radius 2 is 1.60 bits per heavy atom. The monoisotopic (exact) mass is 200 g/mol. The fourth-order valence-corrected chi connectivity index (χ4v) is 1.90. The summed E-state index contributed by atoms with van der Waals surface area (Å²) in [6, 6.07) is 4.26. The molecule has 4 nitrogen and oxygen atoms in total. The molecule has 2 rings (SSSR count). The molecule has 0 bridgehead atoms. The summed E-state index contributed by atoms with van der Waals surface area (Å²) >= 11 is 0. The first-order valence-corrected chi connectivity index (χ1v) is 4.78. The molecule has 0 unspecified atom stereocenters. The van der Waals surface area contributed by atoms with E-state index in [1.807, 2.05) is 0 Å². The summed E-state index contributed by atoms with van der Waals surface area (Å²) in [6.45, 7) is 6.22. The summed E-state index contributed by atoms with van der Waals surface area (Å²) in [6.07, 6.45) is 1.64. The third-order valence-electron chi connectivity index (χ3n) is 2.36. The molecule has 0 amide bonds. The minimum atomic E-state index is 0.778. The molecule has 0 spiro atoms. The second kappa shape index (κ2) is 3.73. The van der Waals surface area contributed by atoms with Crippen molar-refractivity contribution in [3.05, 3.63) is 35.0 Å². The van der Waals surface area contributed by atoms with Crippen LogP contribution in [0.4, 0.5) is 0 Å². The molecule has 0 N–H and O–H groups in total. The van der Waals surface area contributed by atoms with Gasteiger partial charge in [-0.05, 0) is 42.3 Å². The number of rotatable bonds is 1. The van der Waals surface area contributed by atoms with Gasteiger partial charge in [0.05, 0.1) is 6.20 Å². The molecule has 76 valence electrons. The molecule has 0 saturated heterocycles. The molecule has 1 heterocycles. The van der Waals surface area contributed by atoms with Crippen LogP contribution in [-0.4, -0.2) is 20.6 Å². The van der Waals surface area contributed by atoms with E-state index in [2.05, 4.69) is 53.5 Å². The van der Waals surface area contributed by atoms with E-state index in [9.17, 15) is 0 Å². The average Bonchev–Trinajstić information content (AvgIpc) is 2.17. The predicted octanol–water partition coefficient (Wildman–Crippen LogP) is 1.86. The second-order valence-electron chi connectivity index (χ2n) is 3.68. The maximum Gasteiger partial charge on any atom is 0.115 e. The van der Waals surface area contributed by atoms with Crippen molar-refractivity contribution >= 4 is 0 Å². The summed E-state index contributed by atoms with van der Waals surface area (Å²) in [7, 11) is 0. The molecule has 0 saturated carbocycles. The van der Waals surface area contributed by atoms with Crippen LogP contribution in [-0.2, 0) is 0 Å². The molecule has 1 aromatic carbocycles. The van der Waals surface area contributed by atoms with Crippen LogP contribution in [0.5, 0.6) is 0 Å². The van der Waals surface area contributed by atoms with Crippen molar-refractivity contribution in [1.29, 1.82) is 0 Å². The molecular formula is C11H12N4. The third-order valence-corrected chi connectivity index (χ3v) is 2.36. The number of benzene rings is 1. The predicted molar refractivity (Wildman–Crippen MR) is 57.3 cm³/mol. The molecule has 0 fully saturated rings. The largest absolute Gasteiger partial charge is 0.135 e. The highest BCUT2D eigenvalue weighted by Crippen LogP contribution is 2.25. The van der Waals surface area contributed by atoms with Crippen LogP contribution in [0.25, 0.3) is 11.3 Å². The third kappa shape index (κ3) is 1.83. The minimum absolute atomic E-state index is 0.778. The first-order valence-electron chi connectivity index (χ1n) is 4.78. The van der Waals surface area contributed by atoms with E-state index in [-0.39, 0.29) is 0 Å². The van der Waals surface area contributed by atoms with Gasteiger partial charge in [-0.25, -0.2) is 0 Å². The summed E-state index contributed by atoms with van der Waals surface area (Å²) in [5.74, 6) is 0. The van der Waals surface area contributed by atoms with Gasteiger partial charge in [0.15, 0.2) is 0 Å². The van der Waals surface area contributed by atoms with E-state index in [4.69, 9.17) is 0 Å². The Hall–Kier alpha value is -1.84. The number of aryl methyl sites for hydroxylation is 3. The molecule has 0 radical (unpaired) electrons. The lowest BCUT2D eigenvalue weighted by atomic mass is 9.98. The summed E-state index contributed by atoms with van der Waals surface area (Å²) < 4.78 is 0. The lowest BCUT2D eigenvalue weighted by Gasteiger charge is -2.08. The van der Waals surface area contributed by atoms with Crippen LogP contribution >= 0.6 is 0 Å². The van der Waals surface area contributed by atoms with Gasteiger partial charge in [0, 0.05) is 5.56 Å². The Kier molecular flexibility index (Phi) is 2.41. The van der Waals surface area contributed by atoms with Gasteiger partial charge in [-0.1, -0.05) is 17.7 Å². The Balaban J connectivity index is 2.64. The molecule has 0 aliphatic rings. The smallest absolute Gasteiger partial charge is 0.115 e. The summed E-state index contributed by atoms with van der Waals surface area (Å²) in [5, 5.41) is 14.7. The molecule has 0 aliphatic heterocycles. The van der Waals surface area contributed by atoms with Crippen molar-refractivity contribution in [3.63, 3.8) is 0 Å². The van der Waals surface area contributed by atoms with E-state index >= 15 is 0 Å². The highest BCUT2D eigenvalue weighted by Gasteiger charge is 2.08. The Bertz CT molecular complexity index is 456. The first kappa shape index (κ1) is 9.71. The van der Waals surface area contributed by atoms with Gasteiger partial charge < -0.3 is 0 Å². The summed E-state index contributed by atoms with van der Waals surface area (Å²) in [4.78, 5) is 0. The van der Waals surface area contributed by atoms with Crippen LogP contribution in [0.1, 0.15) is 16.7 Å². The van der Waals surface area contributed by atoms with Gasteiger partial charge in [-0.3, -0.25) is 0 Å². The van der Waals surface area contributed by atoms with Crippen molar-refractivity contribution in [3.8, 4) is 11.3 Å². The van der Waals surface area contributed by atoms with Crippen molar-refractivity contribution in [1.82, 2.24) is 20.6 Å². The number of hydrogen-bond donors (Lipinski definition) is 0. The normalized spacial score (nSPS) is 10.3.